The lowest BCUT2D eigenvalue weighted by Gasteiger charge is -2.10. The first-order chi connectivity index (χ1) is 9.04. The Labute approximate surface area is 122 Å². The van der Waals surface area contributed by atoms with Gasteiger partial charge < -0.3 is 9.15 Å². The SMILES string of the molecule is Cc1c(F)c(=O)oc2c(C)c3c(cc12)C(CI)CO3. The minimum Gasteiger partial charge on any atom is -0.492 e. The summed E-state index contributed by atoms with van der Waals surface area (Å²) in [5.74, 6) is 0.285. The molecule has 3 nitrogen and oxygen atoms in total. The minimum atomic E-state index is -0.920. The van der Waals surface area contributed by atoms with Gasteiger partial charge in [0.2, 0.25) is 5.82 Å². The molecule has 0 radical (unpaired) electrons. The number of ether oxygens (including phenoxy) is 1. The van der Waals surface area contributed by atoms with E-state index in [1.54, 1.807) is 6.92 Å². The average molecular weight is 374 g/mol. The number of benzene rings is 1. The Hall–Kier alpha value is -1.11. The maximum Gasteiger partial charge on any atom is 0.372 e. The van der Waals surface area contributed by atoms with Crippen LogP contribution in [0.3, 0.4) is 0 Å². The molecule has 19 heavy (non-hydrogen) atoms. The van der Waals surface area contributed by atoms with Gasteiger partial charge in [-0.2, -0.15) is 4.39 Å². The van der Waals surface area contributed by atoms with E-state index >= 15 is 0 Å². The van der Waals surface area contributed by atoms with Crippen LogP contribution in [0.1, 0.15) is 22.6 Å². The molecular weight excluding hydrogens is 362 g/mol. The highest BCUT2D eigenvalue weighted by atomic mass is 127. The van der Waals surface area contributed by atoms with Crippen LogP contribution in [0, 0.1) is 19.7 Å². The molecule has 3 rings (SSSR count). The van der Waals surface area contributed by atoms with Gasteiger partial charge in [0.25, 0.3) is 0 Å². The molecule has 2 heterocycles. The number of fused-ring (bicyclic) bond motifs is 2. The molecule has 2 aromatic rings. The zero-order valence-electron chi connectivity index (χ0n) is 10.5. The van der Waals surface area contributed by atoms with Crippen molar-refractivity contribution in [2.45, 2.75) is 19.8 Å². The summed E-state index contributed by atoms with van der Waals surface area (Å²) < 4.78 is 25.4. The monoisotopic (exact) mass is 374 g/mol. The molecule has 0 saturated heterocycles. The topological polar surface area (TPSA) is 39.4 Å². The Bertz CT molecular complexity index is 736. The summed E-state index contributed by atoms with van der Waals surface area (Å²) in [6.07, 6.45) is 0. The van der Waals surface area contributed by atoms with Crippen molar-refractivity contribution in [2.75, 3.05) is 11.0 Å². The second-order valence-electron chi connectivity index (χ2n) is 4.79. The van der Waals surface area contributed by atoms with Crippen LogP contribution in [0.15, 0.2) is 15.3 Å². The van der Waals surface area contributed by atoms with Gasteiger partial charge in [0.15, 0.2) is 0 Å². The number of hydrogen-bond donors (Lipinski definition) is 0. The summed E-state index contributed by atoms with van der Waals surface area (Å²) >= 11 is 2.31. The molecule has 0 fully saturated rings. The van der Waals surface area contributed by atoms with Crippen molar-refractivity contribution in [3.8, 4) is 5.75 Å². The standard InChI is InChI=1S/C14H12FIO3/c1-6-9-3-10-8(4-16)5-18-12(10)7(2)13(9)19-14(17)11(6)15/h3,8H,4-5H2,1-2H3. The third-order valence-corrected chi connectivity index (χ3v) is 4.71. The van der Waals surface area contributed by atoms with Gasteiger partial charge in [-0.25, -0.2) is 4.79 Å². The molecule has 1 aliphatic rings. The molecule has 1 atom stereocenters. The molecule has 0 amide bonds. The summed E-state index contributed by atoms with van der Waals surface area (Å²) in [4.78, 5) is 11.4. The Kier molecular flexibility index (Phi) is 3.03. The number of rotatable bonds is 1. The normalized spacial score (nSPS) is 17.6. The molecule has 0 N–H and O–H groups in total. The first kappa shape index (κ1) is 12.9. The highest BCUT2D eigenvalue weighted by molar-refractivity contribution is 14.1. The van der Waals surface area contributed by atoms with Gasteiger partial charge in [-0.15, -0.1) is 0 Å². The van der Waals surface area contributed by atoms with Crippen LogP contribution >= 0.6 is 22.6 Å². The quantitative estimate of drug-likeness (QED) is 0.436. The van der Waals surface area contributed by atoms with E-state index < -0.39 is 11.4 Å². The lowest BCUT2D eigenvalue weighted by Crippen LogP contribution is -2.08. The largest absolute Gasteiger partial charge is 0.492 e. The van der Waals surface area contributed by atoms with Gasteiger partial charge in [-0.1, -0.05) is 22.6 Å². The second-order valence-corrected chi connectivity index (χ2v) is 5.67. The molecule has 1 aromatic heterocycles. The lowest BCUT2D eigenvalue weighted by molar-refractivity contribution is 0.337. The van der Waals surface area contributed by atoms with Crippen LogP contribution in [0.5, 0.6) is 5.75 Å². The van der Waals surface area contributed by atoms with Crippen molar-refractivity contribution in [3.05, 3.63) is 39.0 Å². The van der Waals surface area contributed by atoms with E-state index in [1.165, 1.54) is 0 Å². The molecule has 0 bridgehead atoms. The highest BCUT2D eigenvalue weighted by Gasteiger charge is 2.28. The molecule has 1 aromatic carbocycles. The Balaban J connectivity index is 2.43. The third-order valence-electron chi connectivity index (χ3n) is 3.65. The Morgan fingerprint density at radius 2 is 2.16 bits per heavy atom. The van der Waals surface area contributed by atoms with Gasteiger partial charge in [0.1, 0.15) is 11.3 Å². The first-order valence-corrected chi connectivity index (χ1v) is 7.52. The molecule has 0 spiro atoms. The lowest BCUT2D eigenvalue weighted by atomic mass is 9.97. The van der Waals surface area contributed by atoms with Crippen LogP contribution in [0.25, 0.3) is 11.0 Å². The van der Waals surface area contributed by atoms with Crippen molar-refractivity contribution in [1.29, 1.82) is 0 Å². The summed E-state index contributed by atoms with van der Waals surface area (Å²) in [5.41, 5.74) is 1.71. The van der Waals surface area contributed by atoms with E-state index in [0.717, 1.165) is 21.3 Å². The fourth-order valence-electron chi connectivity index (χ4n) is 2.52. The maximum absolute atomic E-state index is 13.7. The number of alkyl halides is 1. The number of aryl methyl sites for hydroxylation is 2. The van der Waals surface area contributed by atoms with Gasteiger partial charge in [0.05, 0.1) is 6.61 Å². The molecule has 100 valence electrons. The summed E-state index contributed by atoms with van der Waals surface area (Å²) in [6.45, 7) is 4.08. The van der Waals surface area contributed by atoms with Crippen LogP contribution < -0.4 is 10.4 Å². The van der Waals surface area contributed by atoms with Crippen LogP contribution in [0.4, 0.5) is 4.39 Å². The smallest absolute Gasteiger partial charge is 0.372 e. The molecule has 0 saturated carbocycles. The molecule has 1 aliphatic heterocycles. The zero-order chi connectivity index (χ0) is 13.7. The predicted molar refractivity (Wildman–Crippen MR) is 79.0 cm³/mol. The minimum absolute atomic E-state index is 0.313. The van der Waals surface area contributed by atoms with E-state index in [0.29, 0.717) is 29.1 Å². The molecule has 0 aliphatic carbocycles. The summed E-state index contributed by atoms with van der Waals surface area (Å²) in [6, 6.07) is 1.90. The van der Waals surface area contributed by atoms with Crippen LogP contribution in [0.2, 0.25) is 0 Å². The molecule has 5 heteroatoms. The number of hydrogen-bond acceptors (Lipinski definition) is 3. The van der Waals surface area contributed by atoms with Crippen molar-refractivity contribution < 1.29 is 13.5 Å². The van der Waals surface area contributed by atoms with Crippen molar-refractivity contribution >= 4 is 33.6 Å². The van der Waals surface area contributed by atoms with Crippen molar-refractivity contribution in [3.63, 3.8) is 0 Å². The zero-order valence-corrected chi connectivity index (χ0v) is 12.7. The van der Waals surface area contributed by atoms with E-state index in [4.69, 9.17) is 9.15 Å². The summed E-state index contributed by atoms with van der Waals surface area (Å²) in [5, 5.41) is 0.661. The Morgan fingerprint density at radius 1 is 1.42 bits per heavy atom. The predicted octanol–water partition coefficient (Wildman–Crippen LogP) is 3.46. The van der Waals surface area contributed by atoms with Crippen molar-refractivity contribution in [2.24, 2.45) is 0 Å². The first-order valence-electron chi connectivity index (χ1n) is 5.99. The van der Waals surface area contributed by atoms with E-state index in [-0.39, 0.29) is 0 Å². The molecule has 1 unspecified atom stereocenters. The van der Waals surface area contributed by atoms with Gasteiger partial charge in [-0.3, -0.25) is 0 Å². The molecular formula is C14H12FIO3. The van der Waals surface area contributed by atoms with E-state index in [2.05, 4.69) is 22.6 Å². The fourth-order valence-corrected chi connectivity index (χ4v) is 3.25. The maximum atomic E-state index is 13.7. The Morgan fingerprint density at radius 3 is 2.84 bits per heavy atom. The van der Waals surface area contributed by atoms with Crippen LogP contribution in [-0.2, 0) is 0 Å². The van der Waals surface area contributed by atoms with E-state index in [1.807, 2.05) is 13.0 Å². The van der Waals surface area contributed by atoms with Crippen LogP contribution in [-0.4, -0.2) is 11.0 Å². The second kappa shape index (κ2) is 4.47. The average Bonchev–Trinajstić information content (AvgIpc) is 2.81. The highest BCUT2D eigenvalue weighted by Crippen LogP contribution is 2.41. The number of halogens is 2. The van der Waals surface area contributed by atoms with Crippen molar-refractivity contribution in [1.82, 2.24) is 0 Å². The fraction of sp³-hybridized carbons (Fsp3) is 0.357. The van der Waals surface area contributed by atoms with Gasteiger partial charge in [-0.05, 0) is 19.9 Å². The third kappa shape index (κ3) is 1.78. The van der Waals surface area contributed by atoms with Gasteiger partial charge in [0, 0.05) is 32.4 Å². The summed E-state index contributed by atoms with van der Waals surface area (Å²) in [7, 11) is 0. The van der Waals surface area contributed by atoms with Gasteiger partial charge >= 0.3 is 5.63 Å². The van der Waals surface area contributed by atoms with E-state index in [9.17, 15) is 9.18 Å².